The van der Waals surface area contributed by atoms with Crippen LogP contribution in [-0.2, 0) is 4.79 Å². The van der Waals surface area contributed by atoms with E-state index in [1.54, 1.807) is 36.4 Å². The maximum Gasteiger partial charge on any atom is 0.284 e. The number of amides is 1. The Morgan fingerprint density at radius 2 is 2.08 bits per heavy atom. The van der Waals surface area contributed by atoms with E-state index in [-0.39, 0.29) is 11.3 Å². The first kappa shape index (κ1) is 18.2. The van der Waals surface area contributed by atoms with Gasteiger partial charge >= 0.3 is 0 Å². The Hall–Kier alpha value is -3.18. The number of methoxy groups -OCH3 is 1. The Bertz CT molecular complexity index is 903. The Morgan fingerprint density at radius 3 is 2.72 bits per heavy atom. The fraction of sp³-hybridized carbons (Fsp3) is 0.0588. The molecule has 126 valence electrons. The van der Waals surface area contributed by atoms with Crippen LogP contribution in [0.1, 0.15) is 5.56 Å². The minimum atomic E-state index is -0.641. The molecule has 0 radical (unpaired) electrons. The predicted molar refractivity (Wildman–Crippen MR) is 96.0 cm³/mol. The van der Waals surface area contributed by atoms with Crippen molar-refractivity contribution >= 4 is 39.3 Å². The van der Waals surface area contributed by atoms with E-state index in [4.69, 9.17) is 4.74 Å². The average Bonchev–Trinajstić information content (AvgIpc) is 2.61. The summed E-state index contributed by atoms with van der Waals surface area (Å²) >= 11 is 3.08. The molecule has 0 saturated carbocycles. The number of hydrogen-bond acceptors (Lipinski definition) is 5. The number of rotatable bonds is 5. The molecule has 0 fully saturated rings. The molecule has 0 unspecified atom stereocenters. The summed E-state index contributed by atoms with van der Waals surface area (Å²) in [4.78, 5) is 22.7. The number of nitro groups is 1. The Balaban J connectivity index is 2.31. The van der Waals surface area contributed by atoms with E-state index in [2.05, 4.69) is 21.2 Å². The van der Waals surface area contributed by atoms with Gasteiger partial charge in [-0.05, 0) is 45.8 Å². The van der Waals surface area contributed by atoms with Crippen molar-refractivity contribution in [3.05, 3.63) is 68.2 Å². The molecule has 0 saturated heterocycles. The third kappa shape index (κ3) is 4.43. The molecule has 1 amide bonds. The number of para-hydroxylation sites is 2. The Kier molecular flexibility index (Phi) is 5.87. The van der Waals surface area contributed by atoms with Crippen LogP contribution in [0.3, 0.4) is 0 Å². The summed E-state index contributed by atoms with van der Waals surface area (Å²) in [6.45, 7) is 0. The number of halogens is 1. The van der Waals surface area contributed by atoms with Crippen molar-refractivity contribution in [3.63, 3.8) is 0 Å². The van der Waals surface area contributed by atoms with E-state index >= 15 is 0 Å². The smallest absolute Gasteiger partial charge is 0.284 e. The van der Waals surface area contributed by atoms with Crippen molar-refractivity contribution < 1.29 is 14.5 Å². The molecule has 0 aromatic heterocycles. The van der Waals surface area contributed by atoms with Crippen LogP contribution in [0.5, 0.6) is 5.75 Å². The summed E-state index contributed by atoms with van der Waals surface area (Å²) in [6, 6.07) is 12.9. The Morgan fingerprint density at radius 1 is 1.36 bits per heavy atom. The number of nitriles is 1. The lowest BCUT2D eigenvalue weighted by molar-refractivity contribution is -0.385. The van der Waals surface area contributed by atoms with Crippen LogP contribution in [0, 0.1) is 21.4 Å². The fourth-order valence-electron chi connectivity index (χ4n) is 2.01. The van der Waals surface area contributed by atoms with E-state index in [1.165, 1.54) is 25.3 Å². The van der Waals surface area contributed by atoms with E-state index in [0.29, 0.717) is 21.5 Å². The van der Waals surface area contributed by atoms with Gasteiger partial charge in [0.15, 0.2) is 0 Å². The number of nitrogens with zero attached hydrogens (tertiary/aromatic N) is 2. The maximum atomic E-state index is 12.3. The first-order valence-corrected chi connectivity index (χ1v) is 7.75. The molecule has 2 aromatic rings. The normalized spacial score (nSPS) is 10.7. The Labute approximate surface area is 151 Å². The second kappa shape index (κ2) is 8.08. The third-order valence-corrected chi connectivity index (χ3v) is 3.87. The largest absolute Gasteiger partial charge is 0.495 e. The van der Waals surface area contributed by atoms with E-state index in [0.717, 1.165) is 0 Å². The van der Waals surface area contributed by atoms with Crippen molar-refractivity contribution in [1.82, 2.24) is 0 Å². The van der Waals surface area contributed by atoms with Gasteiger partial charge in [0.1, 0.15) is 17.4 Å². The number of carbonyl (C=O) groups is 1. The minimum Gasteiger partial charge on any atom is -0.495 e. The molecule has 0 atom stereocenters. The third-order valence-electron chi connectivity index (χ3n) is 3.20. The van der Waals surface area contributed by atoms with E-state index in [9.17, 15) is 20.2 Å². The molecule has 0 aliphatic rings. The molecule has 25 heavy (non-hydrogen) atoms. The van der Waals surface area contributed by atoms with Crippen molar-refractivity contribution in [2.24, 2.45) is 0 Å². The van der Waals surface area contributed by atoms with E-state index in [1.807, 2.05) is 0 Å². The SMILES string of the molecule is COc1ccccc1NC(=O)/C(C#N)=C\c1ccc(Br)c([N+](=O)[O-])c1. The van der Waals surface area contributed by atoms with Crippen LogP contribution < -0.4 is 10.1 Å². The first-order chi connectivity index (χ1) is 12.0. The maximum absolute atomic E-state index is 12.3. The first-order valence-electron chi connectivity index (χ1n) is 6.96. The number of nitrogens with one attached hydrogen (secondary N) is 1. The van der Waals surface area contributed by atoms with Crippen LogP contribution in [-0.4, -0.2) is 17.9 Å². The number of ether oxygens (including phenoxy) is 1. The van der Waals surface area contributed by atoms with Gasteiger partial charge in [0.25, 0.3) is 11.6 Å². The van der Waals surface area contributed by atoms with Crippen molar-refractivity contribution in [1.29, 1.82) is 5.26 Å². The van der Waals surface area contributed by atoms with Gasteiger partial charge in [-0.2, -0.15) is 5.26 Å². The van der Waals surface area contributed by atoms with Crippen LogP contribution in [0.15, 0.2) is 52.5 Å². The summed E-state index contributed by atoms with van der Waals surface area (Å²) < 4.78 is 5.45. The standard InChI is InChI=1S/C17H12BrN3O4/c1-25-16-5-3-2-4-14(16)20-17(22)12(10-19)8-11-6-7-13(18)15(9-11)21(23)24/h2-9H,1H3,(H,20,22)/b12-8-. The number of carbonyl (C=O) groups excluding carboxylic acids is 1. The second-order valence-corrected chi connectivity index (χ2v) is 5.65. The lowest BCUT2D eigenvalue weighted by atomic mass is 10.1. The van der Waals surface area contributed by atoms with Gasteiger partial charge in [0.2, 0.25) is 0 Å². The molecule has 0 spiro atoms. The van der Waals surface area contributed by atoms with Crippen molar-refractivity contribution in [3.8, 4) is 11.8 Å². The highest BCUT2D eigenvalue weighted by molar-refractivity contribution is 9.10. The van der Waals surface area contributed by atoms with Crippen LogP contribution in [0.2, 0.25) is 0 Å². The molecule has 0 bridgehead atoms. The molecule has 8 heteroatoms. The molecular formula is C17H12BrN3O4. The summed E-state index contributed by atoms with van der Waals surface area (Å²) in [5, 5.41) is 22.8. The van der Waals surface area contributed by atoms with Crippen LogP contribution in [0.25, 0.3) is 6.08 Å². The predicted octanol–water partition coefficient (Wildman–Crippen LogP) is 3.91. The lowest BCUT2D eigenvalue weighted by Crippen LogP contribution is -2.14. The van der Waals surface area contributed by atoms with Gasteiger partial charge in [-0.15, -0.1) is 0 Å². The van der Waals surface area contributed by atoms with Gasteiger partial charge in [-0.1, -0.05) is 18.2 Å². The lowest BCUT2D eigenvalue weighted by Gasteiger charge is -2.09. The monoisotopic (exact) mass is 401 g/mol. The number of benzene rings is 2. The minimum absolute atomic E-state index is 0.156. The molecule has 2 rings (SSSR count). The number of nitro benzene ring substituents is 1. The zero-order valence-electron chi connectivity index (χ0n) is 13.0. The van der Waals surface area contributed by atoms with Crippen molar-refractivity contribution in [2.75, 3.05) is 12.4 Å². The number of anilines is 1. The zero-order chi connectivity index (χ0) is 18.4. The summed E-state index contributed by atoms with van der Waals surface area (Å²) in [5.74, 6) is -0.190. The number of hydrogen-bond donors (Lipinski definition) is 1. The van der Waals surface area contributed by atoms with E-state index < -0.39 is 10.8 Å². The average molecular weight is 402 g/mol. The molecular weight excluding hydrogens is 390 g/mol. The molecule has 1 N–H and O–H groups in total. The summed E-state index contributed by atoms with van der Waals surface area (Å²) in [5.41, 5.74) is 0.429. The summed E-state index contributed by atoms with van der Waals surface area (Å²) in [7, 11) is 1.47. The van der Waals surface area contributed by atoms with Gasteiger partial charge in [0.05, 0.1) is 22.2 Å². The van der Waals surface area contributed by atoms with Gasteiger partial charge < -0.3 is 10.1 Å². The van der Waals surface area contributed by atoms with Crippen molar-refractivity contribution in [2.45, 2.75) is 0 Å². The van der Waals surface area contributed by atoms with Gasteiger partial charge in [-0.3, -0.25) is 14.9 Å². The zero-order valence-corrected chi connectivity index (χ0v) is 14.6. The molecule has 0 heterocycles. The molecule has 0 aliphatic carbocycles. The van der Waals surface area contributed by atoms with Crippen LogP contribution in [0.4, 0.5) is 11.4 Å². The molecule has 7 nitrogen and oxygen atoms in total. The van der Waals surface area contributed by atoms with Crippen LogP contribution >= 0.6 is 15.9 Å². The second-order valence-electron chi connectivity index (χ2n) is 4.79. The highest BCUT2D eigenvalue weighted by Crippen LogP contribution is 2.27. The summed E-state index contributed by atoms with van der Waals surface area (Å²) in [6.07, 6.45) is 1.28. The highest BCUT2D eigenvalue weighted by Gasteiger charge is 2.15. The highest BCUT2D eigenvalue weighted by atomic mass is 79.9. The fourth-order valence-corrected chi connectivity index (χ4v) is 2.40. The molecule has 0 aliphatic heterocycles. The quantitative estimate of drug-likeness (QED) is 0.353. The molecule has 2 aromatic carbocycles. The topological polar surface area (TPSA) is 105 Å². The van der Waals surface area contributed by atoms with Gasteiger partial charge in [-0.25, -0.2) is 0 Å². The van der Waals surface area contributed by atoms with Gasteiger partial charge in [0, 0.05) is 6.07 Å².